The van der Waals surface area contributed by atoms with Gasteiger partial charge in [0.15, 0.2) is 0 Å². The van der Waals surface area contributed by atoms with Crippen LogP contribution in [0.3, 0.4) is 0 Å². The first-order chi connectivity index (χ1) is 14.6. The zero-order valence-electron chi connectivity index (χ0n) is 17.6. The van der Waals surface area contributed by atoms with Gasteiger partial charge < -0.3 is 19.1 Å². The highest BCUT2D eigenvalue weighted by atomic mass is 35.5. The van der Waals surface area contributed by atoms with Gasteiger partial charge in [-0.1, -0.05) is 11.6 Å². The molecular weight excluding hydrogens is 444 g/mol. The van der Waals surface area contributed by atoms with Gasteiger partial charge >= 0.3 is 5.97 Å². The summed E-state index contributed by atoms with van der Waals surface area (Å²) in [4.78, 5) is 28.2. The van der Waals surface area contributed by atoms with Crippen molar-refractivity contribution in [2.24, 2.45) is 7.05 Å². The van der Waals surface area contributed by atoms with Crippen molar-refractivity contribution in [1.29, 1.82) is 0 Å². The van der Waals surface area contributed by atoms with Crippen molar-refractivity contribution < 1.29 is 22.7 Å². The molecule has 0 saturated carbocycles. The highest BCUT2D eigenvalue weighted by molar-refractivity contribution is 7.89. The first-order valence-corrected chi connectivity index (χ1v) is 11.4. The molecule has 1 aromatic heterocycles. The van der Waals surface area contributed by atoms with Crippen LogP contribution in [0.5, 0.6) is 0 Å². The van der Waals surface area contributed by atoms with Crippen LogP contribution in [0.25, 0.3) is 0 Å². The zero-order valence-corrected chi connectivity index (χ0v) is 19.2. The van der Waals surface area contributed by atoms with Crippen LogP contribution in [-0.2, 0) is 26.6 Å². The number of sulfonamides is 1. The van der Waals surface area contributed by atoms with E-state index in [0.717, 1.165) is 9.99 Å². The summed E-state index contributed by atoms with van der Waals surface area (Å²) in [7, 11) is 0.185. The van der Waals surface area contributed by atoms with Gasteiger partial charge in [0.1, 0.15) is 10.6 Å². The molecule has 9 nitrogen and oxygen atoms in total. The number of piperazine rings is 1. The molecule has 1 amide bonds. The minimum atomic E-state index is -3.94. The topological polar surface area (TPSA) is 92.2 Å². The highest BCUT2D eigenvalue weighted by Gasteiger charge is 2.29. The molecule has 11 heteroatoms. The van der Waals surface area contributed by atoms with E-state index in [1.807, 2.05) is 24.3 Å². The lowest BCUT2D eigenvalue weighted by molar-refractivity contribution is -0.131. The van der Waals surface area contributed by atoms with E-state index >= 15 is 0 Å². The number of anilines is 1. The van der Waals surface area contributed by atoms with E-state index in [0.29, 0.717) is 31.2 Å². The molecule has 0 atom stereocenters. The van der Waals surface area contributed by atoms with E-state index in [2.05, 4.69) is 9.64 Å². The number of rotatable bonds is 6. The first-order valence-electron chi connectivity index (χ1n) is 9.63. The summed E-state index contributed by atoms with van der Waals surface area (Å²) >= 11 is 5.93. The Morgan fingerprint density at radius 3 is 2.32 bits per heavy atom. The minimum absolute atomic E-state index is 0.0711. The largest absolute Gasteiger partial charge is 0.464 e. The third-order valence-corrected chi connectivity index (χ3v) is 7.29. The van der Waals surface area contributed by atoms with Gasteiger partial charge in [0.05, 0.1) is 13.7 Å². The van der Waals surface area contributed by atoms with Crippen LogP contribution >= 0.6 is 11.6 Å². The van der Waals surface area contributed by atoms with E-state index < -0.39 is 16.0 Å². The van der Waals surface area contributed by atoms with Crippen molar-refractivity contribution in [3.8, 4) is 0 Å². The molecule has 31 heavy (non-hydrogen) atoms. The van der Waals surface area contributed by atoms with E-state index in [-0.39, 0.29) is 23.0 Å². The molecule has 1 aliphatic rings. The van der Waals surface area contributed by atoms with Gasteiger partial charge in [-0.25, -0.2) is 13.2 Å². The zero-order chi connectivity index (χ0) is 22.8. The van der Waals surface area contributed by atoms with Crippen molar-refractivity contribution >= 4 is 39.2 Å². The predicted molar refractivity (Wildman–Crippen MR) is 117 cm³/mol. The van der Waals surface area contributed by atoms with Crippen molar-refractivity contribution in [3.05, 3.63) is 47.2 Å². The number of nitrogens with zero attached hydrogens (tertiary/aromatic N) is 4. The number of aromatic nitrogens is 1. The molecule has 1 fully saturated rings. The number of hydrogen-bond donors (Lipinski definition) is 0. The fourth-order valence-corrected chi connectivity index (χ4v) is 4.72. The summed E-state index contributed by atoms with van der Waals surface area (Å²) in [5.41, 5.74) is 1.14. The van der Waals surface area contributed by atoms with Gasteiger partial charge in [0, 0.05) is 57.2 Å². The maximum atomic E-state index is 12.9. The first kappa shape index (κ1) is 23.1. The number of esters is 1. The average Bonchev–Trinajstić information content (AvgIpc) is 3.16. The van der Waals surface area contributed by atoms with Crippen LogP contribution in [0.2, 0.25) is 5.02 Å². The highest BCUT2D eigenvalue weighted by Crippen LogP contribution is 2.21. The summed E-state index contributed by atoms with van der Waals surface area (Å²) in [5, 5.41) is 0.666. The van der Waals surface area contributed by atoms with Crippen LogP contribution < -0.4 is 4.90 Å². The quantitative estimate of drug-likeness (QED) is 0.595. The Labute approximate surface area is 186 Å². The van der Waals surface area contributed by atoms with Crippen LogP contribution in [0, 0.1) is 0 Å². The van der Waals surface area contributed by atoms with E-state index in [9.17, 15) is 18.0 Å². The average molecular weight is 469 g/mol. The minimum Gasteiger partial charge on any atom is -0.464 e. The van der Waals surface area contributed by atoms with E-state index in [1.165, 1.54) is 31.0 Å². The summed E-state index contributed by atoms with van der Waals surface area (Å²) in [5.74, 6) is -0.910. The SMILES string of the molecule is COC(=O)c1cc(S(=O)(=O)N(C)CC(=O)N2CCN(c3ccc(Cl)cc3)CC2)cn1C. The molecule has 0 unspecified atom stereocenters. The van der Waals surface area contributed by atoms with Gasteiger partial charge in [0.2, 0.25) is 15.9 Å². The molecule has 168 valence electrons. The third kappa shape index (κ3) is 5.03. The number of carbonyl (C=O) groups is 2. The molecule has 0 bridgehead atoms. The molecule has 1 aliphatic heterocycles. The van der Waals surface area contributed by atoms with Crippen LogP contribution in [0.15, 0.2) is 41.4 Å². The Balaban J connectivity index is 1.61. The number of ether oxygens (including phenoxy) is 1. The second-order valence-electron chi connectivity index (χ2n) is 7.27. The Morgan fingerprint density at radius 2 is 1.74 bits per heavy atom. The van der Waals surface area contributed by atoms with E-state index in [1.54, 1.807) is 11.9 Å². The van der Waals surface area contributed by atoms with E-state index in [4.69, 9.17) is 11.6 Å². The lowest BCUT2D eigenvalue weighted by Crippen LogP contribution is -2.51. The van der Waals surface area contributed by atoms with Gasteiger partial charge in [0.25, 0.3) is 0 Å². The van der Waals surface area contributed by atoms with Crippen molar-refractivity contribution in [1.82, 2.24) is 13.8 Å². The number of likely N-dealkylation sites (N-methyl/N-ethyl adjacent to an activating group) is 1. The molecule has 0 spiro atoms. The molecule has 2 aromatic rings. The van der Waals surface area contributed by atoms with Gasteiger partial charge in [-0.05, 0) is 30.3 Å². The van der Waals surface area contributed by atoms with Gasteiger partial charge in [-0.15, -0.1) is 0 Å². The number of aryl methyl sites for hydroxylation is 1. The fraction of sp³-hybridized carbons (Fsp3) is 0.400. The molecule has 0 aliphatic carbocycles. The Hall–Kier alpha value is -2.56. The summed E-state index contributed by atoms with van der Waals surface area (Å²) in [6.45, 7) is 1.99. The van der Waals surface area contributed by atoms with Crippen LogP contribution in [0.1, 0.15) is 10.5 Å². The summed E-state index contributed by atoms with van der Waals surface area (Å²) in [6, 6.07) is 8.76. The fourth-order valence-electron chi connectivity index (χ4n) is 3.40. The number of carbonyl (C=O) groups excluding carboxylic acids is 2. The number of hydrogen-bond acceptors (Lipinski definition) is 6. The van der Waals surface area contributed by atoms with Crippen LogP contribution in [0.4, 0.5) is 5.69 Å². The Kier molecular flexibility index (Phi) is 6.93. The predicted octanol–water partition coefficient (Wildman–Crippen LogP) is 1.43. The molecule has 2 heterocycles. The Morgan fingerprint density at radius 1 is 1.13 bits per heavy atom. The molecule has 3 rings (SSSR count). The summed E-state index contributed by atoms with van der Waals surface area (Å²) < 4.78 is 32.8. The second-order valence-corrected chi connectivity index (χ2v) is 9.75. The normalized spacial score (nSPS) is 14.7. The monoisotopic (exact) mass is 468 g/mol. The Bertz CT molecular complexity index is 1060. The molecule has 0 radical (unpaired) electrons. The van der Waals surface area contributed by atoms with Gasteiger partial charge in [-0.2, -0.15) is 4.31 Å². The third-order valence-electron chi connectivity index (χ3n) is 5.26. The lowest BCUT2D eigenvalue weighted by Gasteiger charge is -2.36. The standard InChI is InChI=1S/C20H25ClN4O5S/c1-22-13-17(12-18(22)20(27)30-3)31(28,29)23(2)14-19(26)25-10-8-24(9-11-25)16-6-4-15(21)5-7-16/h4-7,12-13H,8-11,14H2,1-3H3. The lowest BCUT2D eigenvalue weighted by atomic mass is 10.2. The molecule has 1 saturated heterocycles. The number of benzene rings is 1. The van der Waals surface area contributed by atoms with Crippen molar-refractivity contribution in [2.75, 3.05) is 51.8 Å². The maximum Gasteiger partial charge on any atom is 0.354 e. The maximum absolute atomic E-state index is 12.9. The number of amides is 1. The smallest absolute Gasteiger partial charge is 0.354 e. The van der Waals surface area contributed by atoms with Gasteiger partial charge in [-0.3, -0.25) is 4.79 Å². The van der Waals surface area contributed by atoms with Crippen molar-refractivity contribution in [2.45, 2.75) is 4.90 Å². The van der Waals surface area contributed by atoms with Crippen molar-refractivity contribution in [3.63, 3.8) is 0 Å². The second kappa shape index (κ2) is 9.29. The number of halogens is 1. The molecular formula is C20H25ClN4O5S. The number of methoxy groups -OCH3 is 1. The molecule has 1 aromatic carbocycles. The molecule has 0 N–H and O–H groups in total. The van der Waals surface area contributed by atoms with Crippen LogP contribution in [-0.4, -0.2) is 80.9 Å². The summed E-state index contributed by atoms with van der Waals surface area (Å²) in [6.07, 6.45) is 1.33.